The van der Waals surface area contributed by atoms with Crippen LogP contribution in [0.1, 0.15) is 17.5 Å². The third-order valence-electron chi connectivity index (χ3n) is 6.23. The maximum atomic E-state index is 13.2. The topological polar surface area (TPSA) is 127 Å². The fourth-order valence-corrected chi connectivity index (χ4v) is 4.70. The molecular formula is C27H26BrN5O5. The van der Waals surface area contributed by atoms with Crippen LogP contribution in [-0.4, -0.2) is 52.4 Å². The molecule has 1 aliphatic heterocycles. The summed E-state index contributed by atoms with van der Waals surface area (Å²) < 4.78 is 11.5. The zero-order chi connectivity index (χ0) is 26.5. The molecule has 0 spiro atoms. The Bertz CT molecular complexity index is 1500. The normalized spacial score (nSPS) is 15.5. The molecule has 5 rings (SSSR count). The van der Waals surface area contributed by atoms with E-state index in [1.807, 2.05) is 54.7 Å². The molecule has 0 saturated carbocycles. The predicted octanol–water partition coefficient (Wildman–Crippen LogP) is 4.18. The van der Waals surface area contributed by atoms with Gasteiger partial charge in [-0.05, 0) is 51.8 Å². The van der Waals surface area contributed by atoms with Crippen molar-refractivity contribution in [2.45, 2.75) is 31.6 Å². The van der Waals surface area contributed by atoms with Crippen molar-refractivity contribution in [1.82, 2.24) is 20.6 Å². The average Bonchev–Trinajstić information content (AvgIpc) is 3.55. The number of methoxy groups -OCH3 is 1. The van der Waals surface area contributed by atoms with Crippen molar-refractivity contribution >= 4 is 54.4 Å². The molecule has 0 radical (unpaired) electrons. The zero-order valence-electron chi connectivity index (χ0n) is 20.6. The molecule has 1 aliphatic rings. The smallest absolute Gasteiger partial charge is 0.408 e. The molecule has 38 heavy (non-hydrogen) atoms. The number of para-hydroxylation sites is 1. The van der Waals surface area contributed by atoms with Crippen LogP contribution in [-0.2, 0) is 27.4 Å². The van der Waals surface area contributed by atoms with E-state index in [1.54, 1.807) is 13.3 Å². The Morgan fingerprint density at radius 2 is 2.11 bits per heavy atom. The third-order valence-corrected chi connectivity index (χ3v) is 6.69. The Morgan fingerprint density at radius 3 is 2.92 bits per heavy atom. The van der Waals surface area contributed by atoms with Crippen molar-refractivity contribution in [3.05, 3.63) is 72.1 Å². The summed E-state index contributed by atoms with van der Waals surface area (Å²) in [5, 5.41) is 11.3. The van der Waals surface area contributed by atoms with E-state index >= 15 is 0 Å². The molecule has 2 atom stereocenters. The Labute approximate surface area is 226 Å². The molecular weight excluding hydrogens is 554 g/mol. The Hall–Kier alpha value is -4.12. The van der Waals surface area contributed by atoms with Crippen molar-refractivity contribution in [3.8, 4) is 5.75 Å². The number of aromatic amines is 1. The molecule has 2 aromatic heterocycles. The lowest BCUT2D eigenvalue weighted by Gasteiger charge is -2.19. The summed E-state index contributed by atoms with van der Waals surface area (Å²) in [5.74, 6) is 0.331. The van der Waals surface area contributed by atoms with Crippen LogP contribution in [0.3, 0.4) is 0 Å². The van der Waals surface area contributed by atoms with Gasteiger partial charge in [0.1, 0.15) is 23.0 Å². The number of aromatic nitrogens is 2. The number of oxime groups is 1. The number of carbonyl (C=O) groups excluding carboxylic acids is 2. The van der Waals surface area contributed by atoms with E-state index in [-0.39, 0.29) is 31.6 Å². The number of nitrogens with one attached hydrogen (secondary N) is 3. The van der Waals surface area contributed by atoms with E-state index in [0.29, 0.717) is 16.8 Å². The minimum Gasteiger partial charge on any atom is -0.497 e. The van der Waals surface area contributed by atoms with E-state index in [1.165, 1.54) is 0 Å². The van der Waals surface area contributed by atoms with Crippen LogP contribution < -0.4 is 15.4 Å². The number of benzene rings is 2. The number of amides is 2. The van der Waals surface area contributed by atoms with Crippen LogP contribution in [0.4, 0.5) is 4.79 Å². The number of rotatable bonds is 9. The SMILES string of the molecule is COc1ccc2[nH]cc(CC(NC(=O)OCc3cnc4ccccc4c3)C(=O)NCC3CC(Br)=NO3)c2c1. The highest BCUT2D eigenvalue weighted by atomic mass is 79.9. The molecule has 0 fully saturated rings. The van der Waals surface area contributed by atoms with Crippen LogP contribution >= 0.6 is 15.9 Å². The standard InChI is InChI=1S/C27H26BrN5O5/c1-36-19-6-7-23-21(10-19)18(13-30-23)9-24(26(34)31-14-20-11-25(28)33-38-20)32-27(35)37-15-16-8-17-4-2-3-5-22(17)29-12-16/h2-8,10,12-13,20,24,30H,9,11,14-15H2,1H3,(H,31,34)(H,32,35). The number of pyridine rings is 1. The number of alkyl carbamates (subject to hydrolysis) is 1. The molecule has 4 aromatic rings. The summed E-state index contributed by atoms with van der Waals surface area (Å²) >= 11 is 3.29. The van der Waals surface area contributed by atoms with Gasteiger partial charge in [-0.3, -0.25) is 9.78 Å². The first kappa shape index (κ1) is 25.5. The number of halogens is 1. The molecule has 2 aromatic carbocycles. The molecule has 196 valence electrons. The first-order valence-corrected chi connectivity index (χ1v) is 12.8. The van der Waals surface area contributed by atoms with Gasteiger partial charge >= 0.3 is 6.09 Å². The van der Waals surface area contributed by atoms with E-state index < -0.39 is 12.1 Å². The lowest BCUT2D eigenvalue weighted by Crippen LogP contribution is -2.49. The number of nitrogens with zero attached hydrogens (tertiary/aromatic N) is 2. The minimum atomic E-state index is -0.895. The van der Waals surface area contributed by atoms with E-state index in [2.05, 4.69) is 41.7 Å². The number of hydrogen-bond donors (Lipinski definition) is 3. The van der Waals surface area contributed by atoms with Crippen LogP contribution in [0.5, 0.6) is 5.75 Å². The molecule has 2 unspecified atom stereocenters. The minimum absolute atomic E-state index is 0.0174. The van der Waals surface area contributed by atoms with Crippen LogP contribution in [0.15, 0.2) is 66.1 Å². The molecule has 2 amide bonds. The van der Waals surface area contributed by atoms with Crippen molar-refractivity contribution in [2.24, 2.45) is 5.16 Å². The van der Waals surface area contributed by atoms with Gasteiger partial charge in [-0.1, -0.05) is 23.4 Å². The maximum Gasteiger partial charge on any atom is 0.408 e. The van der Waals surface area contributed by atoms with Crippen LogP contribution in [0, 0.1) is 0 Å². The Kier molecular flexibility index (Phi) is 7.73. The van der Waals surface area contributed by atoms with Crippen molar-refractivity contribution in [1.29, 1.82) is 0 Å². The summed E-state index contributed by atoms with van der Waals surface area (Å²) in [6.45, 7) is 0.263. The van der Waals surface area contributed by atoms with E-state index in [0.717, 1.165) is 32.9 Å². The second-order valence-corrected chi connectivity index (χ2v) is 9.80. The van der Waals surface area contributed by atoms with Crippen LogP contribution in [0.2, 0.25) is 0 Å². The highest BCUT2D eigenvalue weighted by Crippen LogP contribution is 2.25. The van der Waals surface area contributed by atoms with Gasteiger partial charge in [-0.25, -0.2) is 4.79 Å². The summed E-state index contributed by atoms with van der Waals surface area (Å²) in [5.41, 5.74) is 3.35. The number of carbonyl (C=O) groups is 2. The zero-order valence-corrected chi connectivity index (χ0v) is 22.2. The Balaban J connectivity index is 1.27. The van der Waals surface area contributed by atoms with Crippen molar-refractivity contribution in [2.75, 3.05) is 13.7 Å². The third kappa shape index (κ3) is 6.05. The molecule has 11 heteroatoms. The summed E-state index contributed by atoms with van der Waals surface area (Å²) in [6.07, 6.45) is 3.29. The van der Waals surface area contributed by atoms with E-state index in [4.69, 9.17) is 14.3 Å². The molecule has 3 N–H and O–H groups in total. The fraction of sp³-hybridized carbons (Fsp3) is 0.259. The predicted molar refractivity (Wildman–Crippen MR) is 146 cm³/mol. The number of hydrogen-bond acceptors (Lipinski definition) is 7. The molecule has 10 nitrogen and oxygen atoms in total. The van der Waals surface area contributed by atoms with Gasteiger partial charge in [-0.15, -0.1) is 0 Å². The molecule has 0 bridgehead atoms. The fourth-order valence-electron chi connectivity index (χ4n) is 4.25. The molecule has 0 aliphatic carbocycles. The van der Waals surface area contributed by atoms with Crippen molar-refractivity contribution in [3.63, 3.8) is 0 Å². The first-order chi connectivity index (χ1) is 18.5. The quantitative estimate of drug-likeness (QED) is 0.273. The second-order valence-electron chi connectivity index (χ2n) is 8.88. The largest absolute Gasteiger partial charge is 0.497 e. The van der Waals surface area contributed by atoms with Crippen LogP contribution in [0.25, 0.3) is 21.8 Å². The average molecular weight is 580 g/mol. The number of H-pyrrole nitrogens is 1. The number of ether oxygens (including phenoxy) is 2. The Morgan fingerprint density at radius 1 is 1.24 bits per heavy atom. The summed E-state index contributed by atoms with van der Waals surface area (Å²) in [4.78, 5) is 38.8. The van der Waals surface area contributed by atoms with Gasteiger partial charge in [0.05, 0.1) is 19.2 Å². The van der Waals surface area contributed by atoms with Gasteiger partial charge < -0.3 is 29.9 Å². The first-order valence-electron chi connectivity index (χ1n) is 12.1. The monoisotopic (exact) mass is 579 g/mol. The maximum absolute atomic E-state index is 13.2. The van der Waals surface area contributed by atoms with Gasteiger partial charge in [0.2, 0.25) is 5.91 Å². The van der Waals surface area contributed by atoms with E-state index in [9.17, 15) is 9.59 Å². The summed E-state index contributed by atoms with van der Waals surface area (Å²) in [7, 11) is 1.60. The van der Waals surface area contributed by atoms with Gasteiger partial charge in [0.15, 0.2) is 6.10 Å². The highest BCUT2D eigenvalue weighted by Gasteiger charge is 2.26. The van der Waals surface area contributed by atoms with Crippen molar-refractivity contribution < 1.29 is 23.9 Å². The number of fused-ring (bicyclic) bond motifs is 2. The lowest BCUT2D eigenvalue weighted by atomic mass is 10.0. The second kappa shape index (κ2) is 11.5. The van der Waals surface area contributed by atoms with Gasteiger partial charge in [-0.2, -0.15) is 0 Å². The highest BCUT2D eigenvalue weighted by molar-refractivity contribution is 9.18. The van der Waals surface area contributed by atoms with Gasteiger partial charge in [0, 0.05) is 47.1 Å². The molecule has 0 saturated heterocycles. The van der Waals surface area contributed by atoms with Gasteiger partial charge in [0.25, 0.3) is 0 Å². The molecule has 3 heterocycles. The summed E-state index contributed by atoms with van der Waals surface area (Å²) in [6, 6.07) is 14.4. The lowest BCUT2D eigenvalue weighted by molar-refractivity contribution is -0.123.